The van der Waals surface area contributed by atoms with Crippen molar-refractivity contribution in [2.75, 3.05) is 24.8 Å². The molecule has 234 valence electrons. The molecule has 3 heterocycles. The van der Waals surface area contributed by atoms with Crippen molar-refractivity contribution in [1.29, 1.82) is 0 Å². The summed E-state index contributed by atoms with van der Waals surface area (Å²) in [7, 11) is 0. The quantitative estimate of drug-likeness (QED) is 0.263. The smallest absolute Gasteiger partial charge is 0.308 e. The van der Waals surface area contributed by atoms with Gasteiger partial charge in [-0.25, -0.2) is 14.4 Å². The second-order valence-electron chi connectivity index (χ2n) is 11.7. The van der Waals surface area contributed by atoms with Gasteiger partial charge in [0.25, 0.3) is 0 Å². The van der Waals surface area contributed by atoms with E-state index in [0.717, 1.165) is 31.2 Å². The lowest BCUT2D eigenvalue weighted by atomic mass is 9.83. The molecular weight excluding hydrogens is 563 g/mol. The predicted octanol–water partition coefficient (Wildman–Crippen LogP) is 5.76. The largest absolute Gasteiger partial charge is 0.481 e. The Morgan fingerprint density at radius 2 is 1.80 bits per heavy atom. The summed E-state index contributed by atoms with van der Waals surface area (Å²) in [5.74, 6) is -0.648. The van der Waals surface area contributed by atoms with E-state index >= 15 is 0 Å². The average molecular weight is 605 g/mol. The molecule has 1 saturated heterocycles. The van der Waals surface area contributed by atoms with Gasteiger partial charge in [-0.2, -0.15) is 0 Å². The van der Waals surface area contributed by atoms with E-state index in [2.05, 4.69) is 23.8 Å². The second kappa shape index (κ2) is 14.2. The Labute approximate surface area is 258 Å². The average Bonchev–Trinajstić information content (AvgIpc) is 3.63. The standard InChI is InChI=1S/C34H41FN4O5/c1-4-7-24(8-5-2)39(25-10-11-27(35)22(3)17-25)32(40)20-38-19-26(23-9-13-29-30(18-23)44-21-43-29)33(34(41)42)28(38)12-14-31-36-15-6-16-37-31/h6,9-11,13,15-18,24,26,28,33H,4-5,7-8,12,14,19-21H2,1-3H3,(H,41,42)/t26?,28-,33+/m1/s1. The number of aryl methyl sites for hydroxylation is 2. The molecule has 2 aromatic carbocycles. The number of amides is 1. The Bertz CT molecular complexity index is 1450. The minimum atomic E-state index is -0.914. The normalized spacial score (nSPS) is 19.4. The fourth-order valence-electron chi connectivity index (χ4n) is 6.73. The molecule has 5 rings (SSSR count). The summed E-state index contributed by atoms with van der Waals surface area (Å²) in [6.07, 6.45) is 7.70. The van der Waals surface area contributed by atoms with Gasteiger partial charge in [0.1, 0.15) is 11.6 Å². The molecule has 1 amide bonds. The van der Waals surface area contributed by atoms with Crippen LogP contribution in [0.2, 0.25) is 0 Å². The number of carbonyl (C=O) groups excluding carboxylic acids is 1. The zero-order valence-corrected chi connectivity index (χ0v) is 25.6. The number of anilines is 1. The third kappa shape index (κ3) is 6.85. The van der Waals surface area contributed by atoms with E-state index in [4.69, 9.17) is 9.47 Å². The first-order chi connectivity index (χ1) is 21.3. The van der Waals surface area contributed by atoms with E-state index in [1.165, 1.54) is 6.07 Å². The van der Waals surface area contributed by atoms with Gasteiger partial charge in [-0.1, -0.05) is 32.8 Å². The summed E-state index contributed by atoms with van der Waals surface area (Å²) < 4.78 is 25.4. The zero-order valence-electron chi connectivity index (χ0n) is 25.6. The lowest BCUT2D eigenvalue weighted by molar-refractivity contribution is -0.143. The topological polar surface area (TPSA) is 105 Å². The summed E-state index contributed by atoms with van der Waals surface area (Å²) in [5.41, 5.74) is 1.97. The number of likely N-dealkylation sites (tertiary alicyclic amines) is 1. The monoisotopic (exact) mass is 604 g/mol. The van der Waals surface area contributed by atoms with Crippen LogP contribution in [0.4, 0.5) is 10.1 Å². The number of rotatable bonds is 13. The molecule has 0 spiro atoms. The molecule has 3 atom stereocenters. The molecule has 1 aromatic heterocycles. The van der Waals surface area contributed by atoms with E-state index in [1.54, 1.807) is 37.5 Å². The lowest BCUT2D eigenvalue weighted by Crippen LogP contribution is -2.48. The lowest BCUT2D eigenvalue weighted by Gasteiger charge is -2.35. The van der Waals surface area contributed by atoms with Crippen molar-refractivity contribution >= 4 is 17.6 Å². The van der Waals surface area contributed by atoms with Gasteiger partial charge >= 0.3 is 5.97 Å². The van der Waals surface area contributed by atoms with E-state index in [0.29, 0.717) is 48.0 Å². The minimum Gasteiger partial charge on any atom is -0.481 e. The van der Waals surface area contributed by atoms with Crippen LogP contribution >= 0.6 is 0 Å². The molecule has 1 fully saturated rings. The van der Waals surface area contributed by atoms with Gasteiger partial charge in [0.2, 0.25) is 12.7 Å². The van der Waals surface area contributed by atoms with Gasteiger partial charge in [0, 0.05) is 49.0 Å². The van der Waals surface area contributed by atoms with Crippen molar-refractivity contribution in [2.24, 2.45) is 5.92 Å². The number of aliphatic carboxylic acids is 1. The highest BCUT2D eigenvalue weighted by Gasteiger charge is 2.47. The fourth-order valence-corrected chi connectivity index (χ4v) is 6.73. The van der Waals surface area contributed by atoms with Crippen LogP contribution < -0.4 is 14.4 Å². The number of aromatic nitrogens is 2. The molecular formula is C34H41FN4O5. The van der Waals surface area contributed by atoms with Gasteiger partial charge in [0.15, 0.2) is 11.5 Å². The third-order valence-electron chi connectivity index (χ3n) is 8.78. The molecule has 10 heteroatoms. The van der Waals surface area contributed by atoms with Gasteiger partial charge < -0.3 is 19.5 Å². The SMILES string of the molecule is CCCC(CCC)N(C(=O)CN1CC(c2ccc3c(c2)OCO3)[C@H](C(=O)O)[C@H]1CCc1ncccn1)c1ccc(F)c(C)c1. The Balaban J connectivity index is 1.49. The predicted molar refractivity (Wildman–Crippen MR) is 164 cm³/mol. The first-order valence-electron chi connectivity index (χ1n) is 15.5. The van der Waals surface area contributed by atoms with Gasteiger partial charge in [-0.05, 0) is 73.7 Å². The number of nitrogens with zero attached hydrogens (tertiary/aromatic N) is 4. The number of carboxylic acids is 1. The molecule has 0 saturated carbocycles. The number of hydrogen-bond donors (Lipinski definition) is 1. The molecule has 0 radical (unpaired) electrons. The Hall–Kier alpha value is -4.05. The maximum Gasteiger partial charge on any atom is 0.308 e. The van der Waals surface area contributed by atoms with Crippen LogP contribution in [-0.4, -0.2) is 63.8 Å². The number of carboxylic acid groups (broad SMARTS) is 1. The first-order valence-corrected chi connectivity index (χ1v) is 15.5. The first kappa shape index (κ1) is 31.4. The Morgan fingerprint density at radius 1 is 1.07 bits per heavy atom. The molecule has 2 aliphatic heterocycles. The Morgan fingerprint density at radius 3 is 2.48 bits per heavy atom. The van der Waals surface area contributed by atoms with Crippen LogP contribution in [0.3, 0.4) is 0 Å². The maximum atomic E-state index is 14.4. The van der Waals surface area contributed by atoms with Crippen molar-refractivity contribution in [3.8, 4) is 11.5 Å². The zero-order chi connectivity index (χ0) is 31.2. The van der Waals surface area contributed by atoms with Crippen molar-refractivity contribution in [3.63, 3.8) is 0 Å². The molecule has 44 heavy (non-hydrogen) atoms. The summed E-state index contributed by atoms with van der Waals surface area (Å²) in [6.45, 7) is 6.43. The van der Waals surface area contributed by atoms with Crippen molar-refractivity contribution in [2.45, 2.75) is 77.3 Å². The van der Waals surface area contributed by atoms with Crippen LogP contribution in [0.1, 0.15) is 68.8 Å². The molecule has 9 nitrogen and oxygen atoms in total. The molecule has 1 N–H and O–H groups in total. The number of carbonyl (C=O) groups is 2. The van der Waals surface area contributed by atoms with Crippen LogP contribution in [0.15, 0.2) is 54.9 Å². The van der Waals surface area contributed by atoms with Crippen molar-refractivity contribution in [1.82, 2.24) is 14.9 Å². The summed E-state index contributed by atoms with van der Waals surface area (Å²) >= 11 is 0. The second-order valence-corrected chi connectivity index (χ2v) is 11.7. The third-order valence-corrected chi connectivity index (χ3v) is 8.78. The summed E-state index contributed by atoms with van der Waals surface area (Å²) in [6, 6.07) is 11.6. The molecule has 3 aromatic rings. The van der Waals surface area contributed by atoms with E-state index in [-0.39, 0.29) is 37.0 Å². The highest BCUT2D eigenvalue weighted by molar-refractivity contribution is 5.95. The fraction of sp³-hybridized carbons (Fsp3) is 0.471. The highest BCUT2D eigenvalue weighted by Crippen LogP contribution is 2.43. The van der Waals surface area contributed by atoms with Gasteiger partial charge in [0.05, 0.1) is 12.5 Å². The number of halogens is 1. The summed E-state index contributed by atoms with van der Waals surface area (Å²) in [4.78, 5) is 39.8. The van der Waals surface area contributed by atoms with Gasteiger partial charge in [-0.3, -0.25) is 14.5 Å². The van der Waals surface area contributed by atoms with Crippen molar-refractivity contribution in [3.05, 3.63) is 77.6 Å². The molecule has 0 bridgehead atoms. The van der Waals surface area contributed by atoms with Crippen LogP contribution in [0.5, 0.6) is 11.5 Å². The molecule has 0 aliphatic carbocycles. The molecule has 2 aliphatic rings. The van der Waals surface area contributed by atoms with Crippen LogP contribution in [0.25, 0.3) is 0 Å². The van der Waals surface area contributed by atoms with Crippen LogP contribution in [0, 0.1) is 18.7 Å². The number of ether oxygens (including phenoxy) is 2. The van der Waals surface area contributed by atoms with E-state index < -0.39 is 17.9 Å². The highest BCUT2D eigenvalue weighted by atomic mass is 19.1. The van der Waals surface area contributed by atoms with Crippen LogP contribution in [-0.2, 0) is 16.0 Å². The van der Waals surface area contributed by atoms with E-state index in [1.807, 2.05) is 28.0 Å². The molecule has 1 unspecified atom stereocenters. The maximum absolute atomic E-state index is 14.4. The minimum absolute atomic E-state index is 0.0332. The number of fused-ring (bicyclic) bond motifs is 1. The van der Waals surface area contributed by atoms with E-state index in [9.17, 15) is 19.1 Å². The number of benzene rings is 2. The summed E-state index contributed by atoms with van der Waals surface area (Å²) in [5, 5.41) is 10.6. The van der Waals surface area contributed by atoms with Gasteiger partial charge in [-0.15, -0.1) is 0 Å². The number of hydrogen-bond acceptors (Lipinski definition) is 7. The Kier molecular flexibility index (Phi) is 10.1. The van der Waals surface area contributed by atoms with Crippen molar-refractivity contribution < 1.29 is 28.6 Å².